The molecule has 0 atom stereocenters. The number of carbonyl (C=O) groups excluding carboxylic acids is 1. The Balaban J connectivity index is 2.10. The van der Waals surface area contributed by atoms with E-state index in [2.05, 4.69) is 22.3 Å². The minimum Gasteiger partial charge on any atom is -0.321 e. The van der Waals surface area contributed by atoms with Gasteiger partial charge in [-0.1, -0.05) is 31.5 Å². The van der Waals surface area contributed by atoms with Crippen molar-refractivity contribution in [2.24, 2.45) is 0 Å². The summed E-state index contributed by atoms with van der Waals surface area (Å²) in [5.74, 6) is -0.166. The SMILES string of the molecule is CCc1ccc(Cl)c(CC)c1NC(=O)c1cc(C)nc2c1cnn2C(C)C. The van der Waals surface area contributed by atoms with Gasteiger partial charge in [0.15, 0.2) is 5.65 Å². The summed E-state index contributed by atoms with van der Waals surface area (Å²) in [4.78, 5) is 17.8. The lowest BCUT2D eigenvalue weighted by Gasteiger charge is -2.16. The van der Waals surface area contributed by atoms with Crippen molar-refractivity contribution >= 4 is 34.2 Å². The van der Waals surface area contributed by atoms with Crippen LogP contribution in [0.4, 0.5) is 5.69 Å². The number of nitrogens with one attached hydrogen (secondary N) is 1. The van der Waals surface area contributed by atoms with Gasteiger partial charge in [-0.3, -0.25) is 4.79 Å². The Labute approximate surface area is 164 Å². The van der Waals surface area contributed by atoms with Crippen LogP contribution >= 0.6 is 11.6 Å². The number of aromatic nitrogens is 3. The molecule has 0 spiro atoms. The Morgan fingerprint density at radius 3 is 2.63 bits per heavy atom. The maximum Gasteiger partial charge on any atom is 0.256 e. The van der Waals surface area contributed by atoms with Crippen LogP contribution in [0, 0.1) is 6.92 Å². The number of amides is 1. The number of fused-ring (bicyclic) bond motifs is 1. The summed E-state index contributed by atoms with van der Waals surface area (Å²) < 4.78 is 1.84. The Kier molecular flexibility index (Phi) is 5.51. The van der Waals surface area contributed by atoms with Crippen molar-refractivity contribution in [2.45, 2.75) is 53.5 Å². The molecular weight excluding hydrogens is 360 g/mol. The van der Waals surface area contributed by atoms with E-state index in [0.29, 0.717) is 10.6 Å². The van der Waals surface area contributed by atoms with Crippen LogP contribution in [0.25, 0.3) is 11.0 Å². The third-order valence-corrected chi connectivity index (χ3v) is 5.10. The van der Waals surface area contributed by atoms with E-state index in [9.17, 15) is 4.79 Å². The van der Waals surface area contributed by atoms with Crippen LogP contribution in [0.2, 0.25) is 5.02 Å². The molecule has 0 fully saturated rings. The van der Waals surface area contributed by atoms with E-state index in [1.165, 1.54) is 0 Å². The lowest BCUT2D eigenvalue weighted by Crippen LogP contribution is -2.16. The van der Waals surface area contributed by atoms with Crippen molar-refractivity contribution in [1.82, 2.24) is 14.8 Å². The van der Waals surface area contributed by atoms with Crippen molar-refractivity contribution in [3.8, 4) is 0 Å². The number of anilines is 1. The van der Waals surface area contributed by atoms with Gasteiger partial charge >= 0.3 is 0 Å². The predicted molar refractivity (Wildman–Crippen MR) is 111 cm³/mol. The third kappa shape index (κ3) is 3.56. The Bertz CT molecular complexity index is 1010. The summed E-state index contributed by atoms with van der Waals surface area (Å²) >= 11 is 6.37. The highest BCUT2D eigenvalue weighted by Crippen LogP contribution is 2.30. The molecule has 0 aliphatic carbocycles. The van der Waals surface area contributed by atoms with Crippen LogP contribution in [-0.2, 0) is 12.8 Å². The van der Waals surface area contributed by atoms with Gasteiger partial charge in [0.25, 0.3) is 5.91 Å². The molecule has 3 rings (SSSR count). The van der Waals surface area contributed by atoms with E-state index < -0.39 is 0 Å². The van der Waals surface area contributed by atoms with Gasteiger partial charge in [0.2, 0.25) is 0 Å². The number of hydrogen-bond acceptors (Lipinski definition) is 3. The van der Waals surface area contributed by atoms with Crippen LogP contribution in [0.15, 0.2) is 24.4 Å². The average Bonchev–Trinajstić information content (AvgIpc) is 3.05. The zero-order valence-corrected chi connectivity index (χ0v) is 17.2. The van der Waals surface area contributed by atoms with E-state index in [1.54, 1.807) is 6.20 Å². The molecule has 1 N–H and O–H groups in total. The van der Waals surface area contributed by atoms with Gasteiger partial charge in [-0.05, 0) is 56.9 Å². The van der Waals surface area contributed by atoms with Crippen molar-refractivity contribution in [3.63, 3.8) is 0 Å². The first-order valence-corrected chi connectivity index (χ1v) is 9.71. The smallest absolute Gasteiger partial charge is 0.256 e. The number of rotatable bonds is 5. The highest BCUT2D eigenvalue weighted by Gasteiger charge is 2.19. The number of pyridine rings is 1. The second-order valence-corrected chi connectivity index (χ2v) is 7.36. The molecule has 0 saturated carbocycles. The van der Waals surface area contributed by atoms with Crippen molar-refractivity contribution in [2.75, 3.05) is 5.32 Å². The predicted octanol–water partition coefficient (Wildman–Crippen LogP) is 5.35. The van der Waals surface area contributed by atoms with Crippen molar-refractivity contribution in [1.29, 1.82) is 0 Å². The molecule has 0 unspecified atom stereocenters. The van der Waals surface area contributed by atoms with Crippen molar-refractivity contribution < 1.29 is 4.79 Å². The van der Waals surface area contributed by atoms with Crippen molar-refractivity contribution in [3.05, 3.63) is 51.8 Å². The maximum atomic E-state index is 13.2. The molecule has 6 heteroatoms. The third-order valence-electron chi connectivity index (χ3n) is 4.74. The molecule has 0 aliphatic heterocycles. The summed E-state index contributed by atoms with van der Waals surface area (Å²) in [7, 11) is 0. The normalized spacial score (nSPS) is 11.4. The first-order chi connectivity index (χ1) is 12.9. The zero-order valence-electron chi connectivity index (χ0n) is 16.4. The standard InChI is InChI=1S/C21H25ClN4O/c1-6-14-8-9-18(22)15(7-2)19(14)25-21(27)16-10-13(5)24-20-17(16)11-23-26(20)12(3)4/h8-12H,6-7H2,1-5H3,(H,25,27). The highest BCUT2D eigenvalue weighted by molar-refractivity contribution is 6.32. The molecule has 1 amide bonds. The number of benzene rings is 1. The van der Waals surface area contributed by atoms with Crippen LogP contribution in [0.3, 0.4) is 0 Å². The second-order valence-electron chi connectivity index (χ2n) is 6.95. The summed E-state index contributed by atoms with van der Waals surface area (Å²) in [6, 6.07) is 5.85. The minimum atomic E-state index is -0.166. The number of hydrogen-bond donors (Lipinski definition) is 1. The Morgan fingerprint density at radius 2 is 2.00 bits per heavy atom. The van der Waals surface area contributed by atoms with Gasteiger partial charge in [-0.25, -0.2) is 9.67 Å². The molecule has 3 aromatic rings. The van der Waals surface area contributed by atoms with Crippen LogP contribution in [0.5, 0.6) is 0 Å². The van der Waals surface area contributed by atoms with E-state index >= 15 is 0 Å². The molecule has 0 saturated heterocycles. The molecular formula is C21H25ClN4O. The van der Waals surface area contributed by atoms with Gasteiger partial charge in [-0.2, -0.15) is 5.10 Å². The van der Waals surface area contributed by atoms with E-state index in [-0.39, 0.29) is 11.9 Å². The lowest BCUT2D eigenvalue weighted by molar-refractivity contribution is 0.102. The summed E-state index contributed by atoms with van der Waals surface area (Å²) in [5, 5.41) is 8.96. The topological polar surface area (TPSA) is 59.8 Å². The number of carbonyl (C=O) groups is 1. The average molecular weight is 385 g/mol. The molecule has 1 aromatic carbocycles. The molecule has 0 bridgehead atoms. The molecule has 0 radical (unpaired) electrons. The van der Waals surface area contributed by atoms with Gasteiger partial charge in [0, 0.05) is 22.4 Å². The van der Waals surface area contributed by atoms with E-state index in [0.717, 1.165) is 46.4 Å². The summed E-state index contributed by atoms with van der Waals surface area (Å²) in [6.45, 7) is 10.1. The van der Waals surface area contributed by atoms with Gasteiger partial charge in [-0.15, -0.1) is 0 Å². The largest absolute Gasteiger partial charge is 0.321 e. The number of aryl methyl sites for hydroxylation is 2. The maximum absolute atomic E-state index is 13.2. The summed E-state index contributed by atoms with van der Waals surface area (Å²) in [5.41, 5.74) is 4.94. The first-order valence-electron chi connectivity index (χ1n) is 9.33. The Hall–Kier alpha value is -2.40. The van der Waals surface area contributed by atoms with Crippen LogP contribution < -0.4 is 5.32 Å². The number of halogens is 1. The second kappa shape index (κ2) is 7.69. The monoisotopic (exact) mass is 384 g/mol. The van der Waals surface area contributed by atoms with Crippen LogP contribution in [-0.4, -0.2) is 20.7 Å². The highest BCUT2D eigenvalue weighted by atomic mass is 35.5. The zero-order chi connectivity index (χ0) is 19.7. The van der Waals surface area contributed by atoms with E-state index in [4.69, 9.17) is 11.6 Å². The quantitative estimate of drug-likeness (QED) is 0.644. The van der Waals surface area contributed by atoms with Gasteiger partial charge in [0.05, 0.1) is 17.1 Å². The van der Waals surface area contributed by atoms with Gasteiger partial charge in [0.1, 0.15) is 0 Å². The fourth-order valence-electron chi connectivity index (χ4n) is 3.36. The fraction of sp³-hybridized carbons (Fsp3) is 0.381. The van der Waals surface area contributed by atoms with E-state index in [1.807, 2.05) is 50.6 Å². The molecule has 5 nitrogen and oxygen atoms in total. The van der Waals surface area contributed by atoms with Gasteiger partial charge < -0.3 is 5.32 Å². The molecule has 0 aliphatic rings. The molecule has 2 heterocycles. The summed E-state index contributed by atoms with van der Waals surface area (Å²) in [6.07, 6.45) is 3.28. The molecule has 27 heavy (non-hydrogen) atoms. The number of nitrogens with zero attached hydrogens (tertiary/aromatic N) is 3. The molecule has 2 aromatic heterocycles. The fourth-order valence-corrected chi connectivity index (χ4v) is 3.65. The Morgan fingerprint density at radius 1 is 1.26 bits per heavy atom. The first kappa shape index (κ1) is 19.4. The lowest BCUT2D eigenvalue weighted by atomic mass is 10.0. The molecule has 142 valence electrons. The van der Waals surface area contributed by atoms with Crippen LogP contribution in [0.1, 0.15) is 60.9 Å². The minimum absolute atomic E-state index is 0.166.